The summed E-state index contributed by atoms with van der Waals surface area (Å²) in [7, 11) is 0. The first-order valence-corrected chi connectivity index (χ1v) is 9.47. The van der Waals surface area contributed by atoms with Crippen LogP contribution in [-0.2, 0) is 0 Å². The monoisotopic (exact) mass is 365 g/mol. The van der Waals surface area contributed by atoms with Crippen LogP contribution in [0.4, 0.5) is 5.69 Å². The van der Waals surface area contributed by atoms with Crippen molar-refractivity contribution < 1.29 is 9.59 Å². The SMILES string of the molecule is Cc1ccc(C(=O)N2CCC(C(C)N)CC2)cc1NC(=O)c1ccccc1. The number of anilines is 1. The van der Waals surface area contributed by atoms with Crippen LogP contribution in [0.3, 0.4) is 0 Å². The minimum Gasteiger partial charge on any atom is -0.339 e. The first-order chi connectivity index (χ1) is 13.0. The van der Waals surface area contributed by atoms with Crippen molar-refractivity contribution in [1.29, 1.82) is 0 Å². The number of benzene rings is 2. The fourth-order valence-electron chi connectivity index (χ4n) is 3.48. The molecule has 1 atom stereocenters. The van der Waals surface area contributed by atoms with Crippen LogP contribution >= 0.6 is 0 Å². The van der Waals surface area contributed by atoms with Crippen molar-refractivity contribution in [3.63, 3.8) is 0 Å². The lowest BCUT2D eigenvalue weighted by molar-refractivity contribution is 0.0681. The van der Waals surface area contributed by atoms with Crippen molar-refractivity contribution in [3.8, 4) is 0 Å². The van der Waals surface area contributed by atoms with E-state index in [2.05, 4.69) is 5.32 Å². The Labute approximate surface area is 160 Å². The van der Waals surface area contributed by atoms with Gasteiger partial charge >= 0.3 is 0 Å². The highest BCUT2D eigenvalue weighted by Crippen LogP contribution is 2.23. The zero-order valence-electron chi connectivity index (χ0n) is 15.9. The Kier molecular flexibility index (Phi) is 5.91. The van der Waals surface area contributed by atoms with E-state index in [1.807, 2.05) is 49.1 Å². The number of amides is 2. The van der Waals surface area contributed by atoms with E-state index in [1.54, 1.807) is 18.2 Å². The summed E-state index contributed by atoms with van der Waals surface area (Å²) >= 11 is 0. The number of nitrogens with zero attached hydrogens (tertiary/aromatic N) is 1. The molecular weight excluding hydrogens is 338 g/mol. The smallest absolute Gasteiger partial charge is 0.255 e. The minimum atomic E-state index is -0.180. The first-order valence-electron chi connectivity index (χ1n) is 9.47. The second kappa shape index (κ2) is 8.35. The highest BCUT2D eigenvalue weighted by Gasteiger charge is 2.25. The fraction of sp³-hybridized carbons (Fsp3) is 0.364. The molecular formula is C22H27N3O2. The molecule has 1 aliphatic rings. The highest BCUT2D eigenvalue weighted by molar-refractivity contribution is 6.05. The third-order valence-electron chi connectivity index (χ3n) is 5.34. The zero-order chi connectivity index (χ0) is 19.4. The van der Waals surface area contributed by atoms with Gasteiger partial charge < -0.3 is 16.0 Å². The molecule has 0 aromatic heterocycles. The van der Waals surface area contributed by atoms with Gasteiger partial charge in [0.15, 0.2) is 0 Å². The van der Waals surface area contributed by atoms with Crippen LogP contribution in [0.2, 0.25) is 0 Å². The van der Waals surface area contributed by atoms with Gasteiger partial charge in [-0.1, -0.05) is 24.3 Å². The molecule has 0 saturated carbocycles. The van der Waals surface area contributed by atoms with E-state index < -0.39 is 0 Å². The van der Waals surface area contributed by atoms with Gasteiger partial charge in [0.2, 0.25) is 0 Å². The molecule has 1 fully saturated rings. The van der Waals surface area contributed by atoms with E-state index in [1.165, 1.54) is 0 Å². The molecule has 0 aliphatic carbocycles. The quantitative estimate of drug-likeness (QED) is 0.871. The van der Waals surface area contributed by atoms with E-state index in [4.69, 9.17) is 5.73 Å². The maximum Gasteiger partial charge on any atom is 0.255 e. The summed E-state index contributed by atoms with van der Waals surface area (Å²) in [5, 5.41) is 2.92. The number of aryl methyl sites for hydroxylation is 1. The van der Waals surface area contributed by atoms with Crippen LogP contribution in [0, 0.1) is 12.8 Å². The van der Waals surface area contributed by atoms with E-state index in [-0.39, 0.29) is 17.9 Å². The lowest BCUT2D eigenvalue weighted by atomic mass is 9.90. The Balaban J connectivity index is 1.71. The largest absolute Gasteiger partial charge is 0.339 e. The molecule has 5 nitrogen and oxygen atoms in total. The molecule has 0 radical (unpaired) electrons. The number of piperidine rings is 1. The molecule has 0 bridgehead atoms. The third kappa shape index (κ3) is 4.55. The number of carbonyl (C=O) groups excluding carboxylic acids is 2. The summed E-state index contributed by atoms with van der Waals surface area (Å²) in [6.45, 7) is 5.40. The van der Waals surface area contributed by atoms with Crippen LogP contribution in [-0.4, -0.2) is 35.8 Å². The molecule has 1 saturated heterocycles. The van der Waals surface area contributed by atoms with Gasteiger partial charge in [0.05, 0.1) is 0 Å². The second-order valence-corrected chi connectivity index (χ2v) is 7.34. The molecule has 2 aromatic carbocycles. The van der Waals surface area contributed by atoms with Crippen molar-refractivity contribution in [1.82, 2.24) is 4.90 Å². The Bertz CT molecular complexity index is 810. The number of hydrogen-bond donors (Lipinski definition) is 2. The minimum absolute atomic E-state index is 0.00772. The van der Waals surface area contributed by atoms with E-state index in [0.29, 0.717) is 22.7 Å². The first kappa shape index (κ1) is 19.1. The molecule has 2 amide bonds. The van der Waals surface area contributed by atoms with Gasteiger partial charge in [-0.15, -0.1) is 0 Å². The predicted octanol–water partition coefficient (Wildman–Crippen LogP) is 3.45. The van der Waals surface area contributed by atoms with E-state index in [9.17, 15) is 9.59 Å². The molecule has 1 unspecified atom stereocenters. The van der Waals surface area contributed by atoms with Gasteiger partial charge in [0, 0.05) is 35.9 Å². The maximum absolute atomic E-state index is 12.9. The summed E-state index contributed by atoms with van der Waals surface area (Å²) in [6.07, 6.45) is 1.87. The van der Waals surface area contributed by atoms with Crippen molar-refractivity contribution in [3.05, 3.63) is 65.2 Å². The van der Waals surface area contributed by atoms with Crippen LogP contribution in [0.5, 0.6) is 0 Å². The Morgan fingerprint density at radius 1 is 1.07 bits per heavy atom. The molecule has 1 heterocycles. The van der Waals surface area contributed by atoms with E-state index in [0.717, 1.165) is 31.5 Å². The molecule has 1 aliphatic heterocycles. The number of carbonyl (C=O) groups is 2. The Hall–Kier alpha value is -2.66. The lowest BCUT2D eigenvalue weighted by Gasteiger charge is -2.33. The van der Waals surface area contributed by atoms with Crippen molar-refractivity contribution in [2.45, 2.75) is 32.7 Å². The summed E-state index contributed by atoms with van der Waals surface area (Å²) in [6, 6.07) is 14.7. The topological polar surface area (TPSA) is 75.4 Å². The molecule has 3 N–H and O–H groups in total. The third-order valence-corrected chi connectivity index (χ3v) is 5.34. The average Bonchev–Trinajstić information content (AvgIpc) is 2.69. The summed E-state index contributed by atoms with van der Waals surface area (Å²) < 4.78 is 0. The molecule has 142 valence electrons. The maximum atomic E-state index is 12.9. The number of nitrogens with two attached hydrogens (primary N) is 1. The van der Waals surface area contributed by atoms with Crippen molar-refractivity contribution in [2.75, 3.05) is 18.4 Å². The lowest BCUT2D eigenvalue weighted by Crippen LogP contribution is -2.42. The molecule has 3 rings (SSSR count). The normalized spacial score (nSPS) is 16.0. The van der Waals surface area contributed by atoms with Gasteiger partial charge in [0.1, 0.15) is 0 Å². The number of likely N-dealkylation sites (tertiary alicyclic amines) is 1. The number of rotatable bonds is 4. The van der Waals surface area contributed by atoms with E-state index >= 15 is 0 Å². The van der Waals surface area contributed by atoms with Crippen LogP contribution < -0.4 is 11.1 Å². The van der Waals surface area contributed by atoms with Crippen LogP contribution in [0.1, 0.15) is 46.0 Å². The molecule has 0 spiro atoms. The summed E-state index contributed by atoms with van der Waals surface area (Å²) in [4.78, 5) is 27.2. The standard InChI is InChI=1S/C22H27N3O2/c1-15-8-9-19(22(27)25-12-10-17(11-13-25)16(2)23)14-20(15)24-21(26)18-6-4-3-5-7-18/h3-9,14,16-17H,10-13,23H2,1-2H3,(H,24,26). The van der Waals surface area contributed by atoms with Crippen molar-refractivity contribution in [2.24, 2.45) is 11.7 Å². The summed E-state index contributed by atoms with van der Waals surface area (Å²) in [5.41, 5.74) is 8.77. The van der Waals surface area contributed by atoms with Crippen LogP contribution in [0.25, 0.3) is 0 Å². The predicted molar refractivity (Wildman–Crippen MR) is 108 cm³/mol. The highest BCUT2D eigenvalue weighted by atomic mass is 16.2. The fourth-order valence-corrected chi connectivity index (χ4v) is 3.48. The second-order valence-electron chi connectivity index (χ2n) is 7.34. The number of hydrogen-bond acceptors (Lipinski definition) is 3. The van der Waals surface area contributed by atoms with Gasteiger partial charge in [0.25, 0.3) is 11.8 Å². The van der Waals surface area contributed by atoms with Gasteiger partial charge in [-0.25, -0.2) is 0 Å². The Morgan fingerprint density at radius 2 is 1.74 bits per heavy atom. The van der Waals surface area contributed by atoms with Gasteiger partial charge in [-0.3, -0.25) is 9.59 Å². The van der Waals surface area contributed by atoms with Crippen LogP contribution in [0.15, 0.2) is 48.5 Å². The molecule has 27 heavy (non-hydrogen) atoms. The summed E-state index contributed by atoms with van der Waals surface area (Å²) in [5.74, 6) is 0.308. The van der Waals surface area contributed by atoms with Crippen molar-refractivity contribution >= 4 is 17.5 Å². The Morgan fingerprint density at radius 3 is 2.37 bits per heavy atom. The van der Waals surface area contributed by atoms with Gasteiger partial charge in [-0.2, -0.15) is 0 Å². The molecule has 2 aromatic rings. The number of nitrogens with one attached hydrogen (secondary N) is 1. The van der Waals surface area contributed by atoms with Gasteiger partial charge in [-0.05, 0) is 62.4 Å². The molecule has 5 heteroatoms. The average molecular weight is 365 g/mol. The zero-order valence-corrected chi connectivity index (χ0v) is 15.9.